The number of halogens is 2. The molecule has 0 radical (unpaired) electrons. The molecule has 3 heteroatoms. The van der Waals surface area contributed by atoms with Crippen LogP contribution in [0.15, 0.2) is 21.1 Å². The van der Waals surface area contributed by atoms with Gasteiger partial charge >= 0.3 is 0 Å². The average Bonchev–Trinajstić information content (AvgIpc) is 2.92. The van der Waals surface area contributed by atoms with Crippen LogP contribution >= 0.6 is 31.9 Å². The number of nitrogens with two attached hydrogens (primary N) is 1. The molecular formula is C12H13Br2N. The van der Waals surface area contributed by atoms with Gasteiger partial charge in [-0.15, -0.1) is 0 Å². The second-order valence-corrected chi connectivity index (χ2v) is 6.55. The zero-order chi connectivity index (χ0) is 10.6. The SMILES string of the molecule is NC1CCC2(CC2)c2c(Br)cc(Br)cc21. The lowest BCUT2D eigenvalue weighted by Crippen LogP contribution is -2.25. The van der Waals surface area contributed by atoms with Gasteiger partial charge in [0.15, 0.2) is 0 Å². The van der Waals surface area contributed by atoms with Gasteiger partial charge in [-0.1, -0.05) is 31.9 Å². The van der Waals surface area contributed by atoms with Crippen LogP contribution in [0, 0.1) is 0 Å². The summed E-state index contributed by atoms with van der Waals surface area (Å²) >= 11 is 7.23. The second-order valence-electron chi connectivity index (χ2n) is 4.78. The molecule has 80 valence electrons. The minimum atomic E-state index is 0.222. The highest BCUT2D eigenvalue weighted by Crippen LogP contribution is 2.59. The fourth-order valence-electron chi connectivity index (χ4n) is 2.81. The Balaban J connectivity index is 2.24. The molecule has 0 heterocycles. The van der Waals surface area contributed by atoms with Crippen LogP contribution in [0.2, 0.25) is 0 Å². The van der Waals surface area contributed by atoms with Crippen molar-refractivity contribution in [2.24, 2.45) is 5.73 Å². The Bertz CT molecular complexity index is 424. The second kappa shape index (κ2) is 3.31. The summed E-state index contributed by atoms with van der Waals surface area (Å²) < 4.78 is 2.36. The van der Waals surface area contributed by atoms with Crippen molar-refractivity contribution >= 4 is 31.9 Å². The largest absolute Gasteiger partial charge is 0.324 e. The molecule has 1 aromatic rings. The molecule has 0 saturated heterocycles. The van der Waals surface area contributed by atoms with Gasteiger partial charge in [0.2, 0.25) is 0 Å². The van der Waals surface area contributed by atoms with Crippen molar-refractivity contribution < 1.29 is 0 Å². The maximum atomic E-state index is 6.19. The third-order valence-electron chi connectivity index (χ3n) is 3.80. The Morgan fingerprint density at radius 2 is 1.93 bits per heavy atom. The van der Waals surface area contributed by atoms with Crippen molar-refractivity contribution in [1.29, 1.82) is 0 Å². The van der Waals surface area contributed by atoms with Crippen LogP contribution in [0.5, 0.6) is 0 Å². The Morgan fingerprint density at radius 1 is 1.20 bits per heavy atom. The van der Waals surface area contributed by atoms with Gasteiger partial charge in [0.05, 0.1) is 0 Å². The summed E-state index contributed by atoms with van der Waals surface area (Å²) in [5.74, 6) is 0. The Kier molecular flexibility index (Phi) is 2.28. The number of rotatable bonds is 0. The van der Waals surface area contributed by atoms with E-state index in [-0.39, 0.29) is 6.04 Å². The number of hydrogen-bond acceptors (Lipinski definition) is 1. The van der Waals surface area contributed by atoms with Gasteiger partial charge in [0.25, 0.3) is 0 Å². The molecule has 1 saturated carbocycles. The van der Waals surface area contributed by atoms with Crippen molar-refractivity contribution in [3.8, 4) is 0 Å². The van der Waals surface area contributed by atoms with Gasteiger partial charge in [0.1, 0.15) is 0 Å². The summed E-state index contributed by atoms with van der Waals surface area (Å²) in [5.41, 5.74) is 9.51. The van der Waals surface area contributed by atoms with Crippen LogP contribution in [0.3, 0.4) is 0 Å². The minimum absolute atomic E-state index is 0.222. The van der Waals surface area contributed by atoms with E-state index < -0.39 is 0 Å². The summed E-state index contributed by atoms with van der Waals surface area (Å²) in [6, 6.07) is 4.57. The van der Waals surface area contributed by atoms with Crippen LogP contribution in [0.1, 0.15) is 42.9 Å². The molecule has 0 bridgehead atoms. The first-order valence-corrected chi connectivity index (χ1v) is 6.96. The molecule has 1 atom stereocenters. The van der Waals surface area contributed by atoms with Crippen LogP contribution in [-0.2, 0) is 5.41 Å². The summed E-state index contributed by atoms with van der Waals surface area (Å²) in [6.07, 6.45) is 5.08. The Labute approximate surface area is 107 Å². The molecule has 0 aliphatic heterocycles. The van der Waals surface area contributed by atoms with Crippen molar-refractivity contribution in [1.82, 2.24) is 0 Å². The molecule has 2 aliphatic carbocycles. The number of fused-ring (bicyclic) bond motifs is 2. The summed E-state index contributed by atoms with van der Waals surface area (Å²) in [6.45, 7) is 0. The topological polar surface area (TPSA) is 26.0 Å². The van der Waals surface area contributed by atoms with E-state index >= 15 is 0 Å². The molecule has 2 aliphatic rings. The van der Waals surface area contributed by atoms with E-state index in [1.807, 2.05) is 0 Å². The maximum Gasteiger partial charge on any atom is 0.0298 e. The molecule has 1 aromatic carbocycles. The molecule has 2 N–H and O–H groups in total. The van der Waals surface area contributed by atoms with Crippen LogP contribution in [0.25, 0.3) is 0 Å². The van der Waals surface area contributed by atoms with Crippen LogP contribution in [0.4, 0.5) is 0 Å². The highest BCUT2D eigenvalue weighted by atomic mass is 79.9. The van der Waals surface area contributed by atoms with E-state index in [4.69, 9.17) is 5.73 Å². The Morgan fingerprint density at radius 3 is 2.60 bits per heavy atom. The zero-order valence-electron chi connectivity index (χ0n) is 8.39. The van der Waals surface area contributed by atoms with E-state index in [2.05, 4.69) is 44.0 Å². The van der Waals surface area contributed by atoms with Crippen molar-refractivity contribution in [2.75, 3.05) is 0 Å². The predicted octanol–water partition coefficient (Wildman–Crippen LogP) is 4.04. The first-order valence-electron chi connectivity index (χ1n) is 5.37. The number of hydrogen-bond donors (Lipinski definition) is 1. The first-order chi connectivity index (χ1) is 7.12. The normalized spacial score (nSPS) is 26.5. The van der Waals surface area contributed by atoms with Crippen LogP contribution in [-0.4, -0.2) is 0 Å². The third-order valence-corrected chi connectivity index (χ3v) is 4.89. The van der Waals surface area contributed by atoms with Crippen molar-refractivity contribution in [3.63, 3.8) is 0 Å². The molecule has 0 aromatic heterocycles. The summed E-state index contributed by atoms with van der Waals surface area (Å²) in [4.78, 5) is 0. The standard InChI is InChI=1S/C12H13Br2N/c13-7-5-8-10(15)1-2-12(3-4-12)11(8)9(14)6-7/h5-6,10H,1-4,15H2. The lowest BCUT2D eigenvalue weighted by Gasteiger charge is -2.31. The van der Waals surface area contributed by atoms with E-state index in [1.54, 1.807) is 0 Å². The highest BCUT2D eigenvalue weighted by Gasteiger charge is 2.49. The fourth-order valence-corrected chi connectivity index (χ4v) is 4.49. The van der Waals surface area contributed by atoms with Gasteiger partial charge in [-0.2, -0.15) is 0 Å². The molecule has 3 rings (SSSR count). The van der Waals surface area contributed by atoms with E-state index in [9.17, 15) is 0 Å². The number of benzene rings is 1. The van der Waals surface area contributed by atoms with E-state index in [0.717, 1.165) is 10.9 Å². The monoisotopic (exact) mass is 329 g/mol. The van der Waals surface area contributed by atoms with Crippen molar-refractivity contribution in [3.05, 3.63) is 32.2 Å². The quantitative estimate of drug-likeness (QED) is 0.763. The summed E-state index contributed by atoms with van der Waals surface area (Å²) in [5, 5.41) is 0. The van der Waals surface area contributed by atoms with Gasteiger partial charge in [-0.3, -0.25) is 0 Å². The van der Waals surface area contributed by atoms with E-state index in [0.29, 0.717) is 5.41 Å². The molecule has 1 unspecified atom stereocenters. The predicted molar refractivity (Wildman–Crippen MR) is 68.9 cm³/mol. The molecule has 1 fully saturated rings. The lowest BCUT2D eigenvalue weighted by molar-refractivity contribution is 0.477. The zero-order valence-corrected chi connectivity index (χ0v) is 11.6. The van der Waals surface area contributed by atoms with Gasteiger partial charge in [0, 0.05) is 15.0 Å². The van der Waals surface area contributed by atoms with Gasteiger partial charge in [-0.05, 0) is 54.4 Å². The maximum absolute atomic E-state index is 6.19. The fraction of sp³-hybridized carbons (Fsp3) is 0.500. The third kappa shape index (κ3) is 1.51. The minimum Gasteiger partial charge on any atom is -0.324 e. The Hall–Kier alpha value is 0.140. The smallest absolute Gasteiger partial charge is 0.0298 e. The molecule has 0 amide bonds. The molecular weight excluding hydrogens is 318 g/mol. The van der Waals surface area contributed by atoms with E-state index in [1.165, 1.54) is 34.9 Å². The van der Waals surface area contributed by atoms with Gasteiger partial charge < -0.3 is 5.73 Å². The average molecular weight is 331 g/mol. The molecule has 1 nitrogen and oxygen atoms in total. The highest BCUT2D eigenvalue weighted by molar-refractivity contribution is 9.11. The molecule has 1 spiro atoms. The summed E-state index contributed by atoms with van der Waals surface area (Å²) in [7, 11) is 0. The molecule has 15 heavy (non-hydrogen) atoms. The van der Waals surface area contributed by atoms with Gasteiger partial charge in [-0.25, -0.2) is 0 Å². The van der Waals surface area contributed by atoms with Crippen LogP contribution < -0.4 is 5.73 Å². The van der Waals surface area contributed by atoms with Crippen molar-refractivity contribution in [2.45, 2.75) is 37.1 Å². The first kappa shape index (κ1) is 10.3. The lowest BCUT2D eigenvalue weighted by atomic mass is 9.78.